The van der Waals surface area contributed by atoms with Crippen molar-refractivity contribution < 1.29 is 18.3 Å². The van der Waals surface area contributed by atoms with E-state index in [4.69, 9.17) is 34.8 Å². The average molecular weight is 409 g/mol. The molecule has 1 aliphatic rings. The molecule has 1 unspecified atom stereocenters. The molecule has 2 aromatic rings. The maximum atomic E-state index is 14.6. The summed E-state index contributed by atoms with van der Waals surface area (Å²) in [5.74, 6) is -2.40. The Morgan fingerprint density at radius 2 is 1.52 bits per heavy atom. The monoisotopic (exact) mass is 407 g/mol. The van der Waals surface area contributed by atoms with Crippen LogP contribution in [-0.4, -0.2) is 17.0 Å². The van der Waals surface area contributed by atoms with Gasteiger partial charge in [-0.1, -0.05) is 23.2 Å². The Balaban J connectivity index is 2.44. The van der Waals surface area contributed by atoms with Crippen LogP contribution in [0.5, 0.6) is 0 Å². The third-order valence-corrected chi connectivity index (χ3v) is 4.75. The van der Waals surface area contributed by atoms with Crippen LogP contribution in [0.2, 0.25) is 5.02 Å². The minimum Gasteiger partial charge on any atom is -0.386 e. The highest BCUT2D eigenvalue weighted by atomic mass is 35.5. The first-order chi connectivity index (χ1) is 11.8. The van der Waals surface area contributed by atoms with Crippen LogP contribution in [0.3, 0.4) is 0 Å². The number of rotatable bonds is 3. The van der Waals surface area contributed by atoms with Gasteiger partial charge in [0.25, 0.3) is 0 Å². The molecule has 0 fully saturated rings. The van der Waals surface area contributed by atoms with Gasteiger partial charge in [-0.05, 0) is 18.2 Å². The van der Waals surface area contributed by atoms with Gasteiger partial charge in [0.15, 0.2) is 28.0 Å². The summed E-state index contributed by atoms with van der Waals surface area (Å²) in [5, 5.41) is 9.27. The van der Waals surface area contributed by atoms with Gasteiger partial charge in [-0.15, -0.1) is 0 Å². The number of aliphatic imine (C=N–C) groups is 1. The van der Waals surface area contributed by atoms with E-state index in [-0.39, 0.29) is 32.5 Å². The van der Waals surface area contributed by atoms with Crippen LogP contribution >= 0.6 is 34.8 Å². The van der Waals surface area contributed by atoms with E-state index >= 15 is 0 Å². The number of aliphatic hydroxyl groups is 1. The van der Waals surface area contributed by atoms with Crippen molar-refractivity contribution >= 4 is 51.5 Å². The quantitative estimate of drug-likeness (QED) is 0.535. The fourth-order valence-electron chi connectivity index (χ4n) is 2.77. The number of quaternary nitrogens is 1. The summed E-state index contributed by atoms with van der Waals surface area (Å²) in [5.41, 5.74) is -0.0870. The van der Waals surface area contributed by atoms with Crippen LogP contribution in [0.1, 0.15) is 0 Å². The van der Waals surface area contributed by atoms with Gasteiger partial charge < -0.3 is 5.11 Å². The minimum atomic E-state index is -0.967. The predicted molar refractivity (Wildman–Crippen MR) is 92.5 cm³/mol. The van der Waals surface area contributed by atoms with Gasteiger partial charge in [-0.3, -0.25) is 0 Å². The molecule has 130 valence electrons. The zero-order valence-electron chi connectivity index (χ0n) is 12.3. The summed E-state index contributed by atoms with van der Waals surface area (Å²) >= 11 is 18.5. The van der Waals surface area contributed by atoms with Gasteiger partial charge >= 0.3 is 5.29 Å². The zero-order valence-corrected chi connectivity index (χ0v) is 14.5. The van der Waals surface area contributed by atoms with Gasteiger partial charge in [0.05, 0.1) is 0 Å². The first-order valence-corrected chi connectivity index (χ1v) is 8.01. The van der Waals surface area contributed by atoms with Gasteiger partial charge in [0.2, 0.25) is 0 Å². The molecule has 1 heterocycles. The molecular weight excluding hydrogens is 400 g/mol. The molecule has 1 atom stereocenters. The Morgan fingerprint density at radius 1 is 0.920 bits per heavy atom. The second kappa shape index (κ2) is 6.63. The molecular formula is C16H9Cl3F3N2O+. The van der Waals surface area contributed by atoms with E-state index in [0.29, 0.717) is 6.07 Å². The highest BCUT2D eigenvalue weighted by Gasteiger charge is 2.52. The Hall–Kier alpha value is -1.57. The number of halogens is 6. The molecule has 0 saturated carbocycles. The number of hydrogen-bond acceptors (Lipinski definition) is 2. The number of aliphatic hydroxyl groups excluding tert-OH is 1. The Bertz CT molecular complexity index is 879. The lowest BCUT2D eigenvalue weighted by Crippen LogP contribution is -2.46. The van der Waals surface area contributed by atoms with E-state index in [1.807, 2.05) is 0 Å². The maximum Gasteiger partial charge on any atom is 0.317 e. The summed E-state index contributed by atoms with van der Waals surface area (Å²) in [6.07, 6.45) is 0. The topological polar surface area (TPSA) is 32.6 Å². The lowest BCUT2D eigenvalue weighted by atomic mass is 10.1. The second-order valence-corrected chi connectivity index (χ2v) is 6.24. The molecule has 0 spiro atoms. The van der Waals surface area contributed by atoms with E-state index in [1.165, 1.54) is 6.07 Å². The molecule has 1 N–H and O–H groups in total. The van der Waals surface area contributed by atoms with Crippen molar-refractivity contribution in [2.24, 2.45) is 4.99 Å². The summed E-state index contributed by atoms with van der Waals surface area (Å²) in [6.45, 7) is -0.650. The van der Waals surface area contributed by atoms with Gasteiger partial charge in [-0.2, -0.15) is 9.48 Å². The largest absolute Gasteiger partial charge is 0.386 e. The Labute approximate surface area is 155 Å². The number of amidine groups is 1. The maximum absolute atomic E-state index is 14.6. The standard InChI is InChI=1S/C16H9Cl3F3N2O/c17-10-5-8(20)1-3-12(10)24(13-4-2-9(21)6-11(13)22)14(7-25)15(18)23-16(24)19/h1-6,25H,7H2/q+1. The average Bonchev–Trinajstić information content (AvgIpc) is 2.78. The highest BCUT2D eigenvalue weighted by Crippen LogP contribution is 2.50. The van der Waals surface area contributed by atoms with E-state index in [1.54, 1.807) is 0 Å². The smallest absolute Gasteiger partial charge is 0.317 e. The molecule has 2 aromatic carbocycles. The van der Waals surface area contributed by atoms with Crippen LogP contribution < -0.4 is 4.48 Å². The third-order valence-electron chi connectivity index (χ3n) is 3.80. The summed E-state index contributed by atoms with van der Waals surface area (Å²) < 4.78 is 40.7. The molecule has 0 bridgehead atoms. The molecule has 0 aliphatic carbocycles. The highest BCUT2D eigenvalue weighted by molar-refractivity contribution is 6.68. The summed E-state index contributed by atoms with van der Waals surface area (Å²) in [7, 11) is 0. The Morgan fingerprint density at radius 3 is 2.08 bits per heavy atom. The van der Waals surface area contributed by atoms with Crippen LogP contribution in [-0.2, 0) is 0 Å². The molecule has 3 rings (SSSR count). The van der Waals surface area contributed by atoms with Crippen LogP contribution in [0.25, 0.3) is 0 Å². The summed E-state index contributed by atoms with van der Waals surface area (Å²) in [6, 6.07) is 6.16. The van der Waals surface area contributed by atoms with Crippen molar-refractivity contribution in [2.45, 2.75) is 0 Å². The number of hydrogen-bond donors (Lipinski definition) is 1. The van der Waals surface area contributed by atoms with E-state index < -0.39 is 28.5 Å². The van der Waals surface area contributed by atoms with Crippen molar-refractivity contribution in [1.29, 1.82) is 0 Å². The zero-order chi connectivity index (χ0) is 18.4. The third kappa shape index (κ3) is 2.74. The fraction of sp³-hybridized carbons (Fsp3) is 0.0625. The minimum absolute atomic E-state index is 0.00863. The SMILES string of the molecule is OCC1=C(Cl)N=C(Cl)[N+]1(c1ccc(F)cc1F)c1ccc(F)cc1Cl. The number of nitrogens with zero attached hydrogens (tertiary/aromatic N) is 2. The molecule has 9 heteroatoms. The first-order valence-electron chi connectivity index (χ1n) is 6.87. The van der Waals surface area contributed by atoms with Crippen LogP contribution in [0.4, 0.5) is 24.5 Å². The molecule has 3 nitrogen and oxygen atoms in total. The van der Waals surface area contributed by atoms with Crippen LogP contribution in [0, 0.1) is 17.5 Å². The van der Waals surface area contributed by atoms with E-state index in [0.717, 1.165) is 24.3 Å². The van der Waals surface area contributed by atoms with Gasteiger partial charge in [-0.25, -0.2) is 13.2 Å². The molecule has 0 radical (unpaired) electrons. The second-order valence-electron chi connectivity index (χ2n) is 5.14. The van der Waals surface area contributed by atoms with Crippen molar-refractivity contribution in [3.8, 4) is 0 Å². The normalized spacial score (nSPS) is 20.2. The van der Waals surface area contributed by atoms with Gasteiger partial charge in [0, 0.05) is 29.8 Å². The lowest BCUT2D eigenvalue weighted by Gasteiger charge is -2.33. The lowest BCUT2D eigenvalue weighted by molar-refractivity contribution is 0.310. The van der Waals surface area contributed by atoms with Crippen molar-refractivity contribution in [3.63, 3.8) is 0 Å². The first kappa shape index (κ1) is 18.2. The van der Waals surface area contributed by atoms with Crippen molar-refractivity contribution in [2.75, 3.05) is 6.61 Å². The molecule has 0 aromatic heterocycles. The van der Waals surface area contributed by atoms with Crippen LogP contribution in [0.15, 0.2) is 52.2 Å². The fourth-order valence-corrected chi connectivity index (χ4v) is 3.74. The number of benzene rings is 2. The van der Waals surface area contributed by atoms with E-state index in [9.17, 15) is 18.3 Å². The van der Waals surface area contributed by atoms with Gasteiger partial charge in [0.1, 0.15) is 23.3 Å². The molecule has 25 heavy (non-hydrogen) atoms. The molecule has 0 amide bonds. The predicted octanol–water partition coefficient (Wildman–Crippen LogP) is 5.40. The Kier molecular flexibility index (Phi) is 4.83. The van der Waals surface area contributed by atoms with Crippen molar-refractivity contribution in [1.82, 2.24) is 4.48 Å². The summed E-state index contributed by atoms with van der Waals surface area (Å²) in [4.78, 5) is 3.90. The molecule has 1 aliphatic heterocycles. The van der Waals surface area contributed by atoms with Crippen molar-refractivity contribution in [3.05, 3.63) is 69.7 Å². The van der Waals surface area contributed by atoms with E-state index in [2.05, 4.69) is 4.99 Å². The molecule has 0 saturated heterocycles.